The first-order valence-electron chi connectivity index (χ1n) is 9.57. The highest BCUT2D eigenvalue weighted by molar-refractivity contribution is 6.30. The lowest BCUT2D eigenvalue weighted by Gasteiger charge is -2.43. The maximum Gasteiger partial charge on any atom is 0.424 e. The van der Waals surface area contributed by atoms with E-state index in [1.165, 1.54) is 0 Å². The van der Waals surface area contributed by atoms with E-state index in [2.05, 4.69) is 5.32 Å². The van der Waals surface area contributed by atoms with Crippen molar-refractivity contribution < 1.29 is 19.2 Å². The first-order chi connectivity index (χ1) is 12.7. The second kappa shape index (κ2) is 7.51. The summed E-state index contributed by atoms with van der Waals surface area (Å²) in [7, 11) is 0. The van der Waals surface area contributed by atoms with Gasteiger partial charge in [-0.2, -0.15) is 4.48 Å². The molecule has 1 saturated heterocycles. The number of nitrogens with zero attached hydrogens (tertiary/aromatic N) is 1. The number of imide groups is 1. The van der Waals surface area contributed by atoms with Gasteiger partial charge in [0.25, 0.3) is 0 Å². The van der Waals surface area contributed by atoms with Crippen LogP contribution in [0.2, 0.25) is 5.02 Å². The topological polar surface area (TPSA) is 92.4 Å². The number of rotatable bonds is 6. The summed E-state index contributed by atoms with van der Waals surface area (Å²) in [4.78, 5) is 26.0. The molecule has 1 aliphatic heterocycles. The van der Waals surface area contributed by atoms with Crippen molar-refractivity contribution in [2.45, 2.75) is 52.3 Å². The fraction of sp³-hybridized carbons (Fsp3) is 0.600. The minimum atomic E-state index is -1.14. The molecule has 1 aromatic carbocycles. The fourth-order valence-electron chi connectivity index (χ4n) is 3.88. The molecule has 1 aromatic rings. The Hall–Kier alpha value is -1.47. The third kappa shape index (κ3) is 3.76. The molecule has 1 aliphatic carbocycles. The number of hydrogen-bond donors (Lipinski definition) is 3. The maximum absolute atomic E-state index is 13.1. The number of likely N-dealkylation sites (tertiary alicyclic amines) is 1. The molecule has 4 N–H and O–H groups in total. The van der Waals surface area contributed by atoms with Crippen LogP contribution in [0.4, 0.5) is 4.79 Å². The van der Waals surface area contributed by atoms with Gasteiger partial charge in [-0.05, 0) is 42.0 Å². The van der Waals surface area contributed by atoms with E-state index >= 15 is 0 Å². The van der Waals surface area contributed by atoms with E-state index < -0.39 is 11.5 Å². The van der Waals surface area contributed by atoms with E-state index in [1.54, 1.807) is 12.1 Å². The number of amides is 3. The first-order valence-corrected chi connectivity index (χ1v) is 9.95. The number of carbonyl (C=O) groups is 2. The lowest BCUT2D eigenvalue weighted by molar-refractivity contribution is -0.818. The molecule has 6 nitrogen and oxygen atoms in total. The first kappa shape index (κ1) is 20.3. The highest BCUT2D eigenvalue weighted by Gasteiger charge is 2.57. The van der Waals surface area contributed by atoms with Gasteiger partial charge < -0.3 is 16.2 Å². The van der Waals surface area contributed by atoms with Crippen LogP contribution in [0.3, 0.4) is 0 Å². The average molecular weight is 395 g/mol. The number of aliphatic hydroxyl groups is 1. The van der Waals surface area contributed by atoms with Gasteiger partial charge in [0.1, 0.15) is 13.1 Å². The van der Waals surface area contributed by atoms with Gasteiger partial charge in [-0.3, -0.25) is 0 Å². The van der Waals surface area contributed by atoms with Crippen molar-refractivity contribution in [1.82, 2.24) is 5.32 Å². The van der Waals surface area contributed by atoms with Crippen molar-refractivity contribution in [2.24, 2.45) is 17.1 Å². The Morgan fingerprint density at radius 3 is 2.52 bits per heavy atom. The summed E-state index contributed by atoms with van der Waals surface area (Å²) in [6, 6.07) is 5.01. The van der Waals surface area contributed by atoms with Crippen LogP contribution in [-0.4, -0.2) is 40.7 Å². The standard InChI is InChI=1S/C20H28ClN3O3/c1-20(2,15-5-6-15)17(25)18(26)24(8-3-9-24)19(27)23-12-14-10-16(21)7-4-13(14)11-22/h4,7,10,15,17,25H,3,5-6,8-9,11-12,22H2,1-2H3/p+1/t17-/m0/s1. The van der Waals surface area contributed by atoms with Crippen LogP contribution in [0.5, 0.6) is 0 Å². The van der Waals surface area contributed by atoms with Crippen molar-refractivity contribution in [3.63, 3.8) is 0 Å². The summed E-state index contributed by atoms with van der Waals surface area (Å²) in [6.45, 7) is 5.29. The van der Waals surface area contributed by atoms with E-state index in [0.717, 1.165) is 30.4 Å². The molecule has 0 spiro atoms. The molecule has 2 aliphatic rings. The number of nitrogens with two attached hydrogens (primary N) is 1. The van der Waals surface area contributed by atoms with E-state index in [0.29, 0.717) is 30.6 Å². The van der Waals surface area contributed by atoms with Crippen molar-refractivity contribution in [2.75, 3.05) is 13.1 Å². The maximum atomic E-state index is 13.1. The zero-order valence-corrected chi connectivity index (χ0v) is 16.8. The van der Waals surface area contributed by atoms with Gasteiger partial charge in [-0.25, -0.2) is 9.59 Å². The highest BCUT2D eigenvalue weighted by Crippen LogP contribution is 2.48. The van der Waals surface area contributed by atoms with Gasteiger partial charge in [0.2, 0.25) is 0 Å². The quantitative estimate of drug-likeness (QED) is 0.646. The Bertz CT molecular complexity index is 742. The van der Waals surface area contributed by atoms with E-state index in [9.17, 15) is 14.7 Å². The zero-order chi connectivity index (χ0) is 19.8. The van der Waals surface area contributed by atoms with Crippen LogP contribution >= 0.6 is 11.6 Å². The van der Waals surface area contributed by atoms with Gasteiger partial charge >= 0.3 is 11.9 Å². The number of nitrogens with one attached hydrogen (secondary N) is 1. The van der Waals surface area contributed by atoms with Gasteiger partial charge in [0.15, 0.2) is 6.10 Å². The lowest BCUT2D eigenvalue weighted by atomic mass is 9.80. The average Bonchev–Trinajstić information content (AvgIpc) is 3.43. The molecule has 1 heterocycles. The number of hydrogen-bond acceptors (Lipinski definition) is 4. The van der Waals surface area contributed by atoms with Crippen LogP contribution in [0.15, 0.2) is 18.2 Å². The largest absolute Gasteiger partial charge is 0.424 e. The Balaban J connectivity index is 1.72. The molecule has 0 unspecified atom stereocenters. The zero-order valence-electron chi connectivity index (χ0n) is 16.0. The van der Waals surface area contributed by atoms with Gasteiger partial charge in [-0.1, -0.05) is 31.5 Å². The number of halogens is 1. The van der Waals surface area contributed by atoms with Gasteiger partial charge in [0, 0.05) is 29.9 Å². The monoisotopic (exact) mass is 394 g/mol. The second-order valence-corrected chi connectivity index (χ2v) is 8.82. The number of carbonyl (C=O) groups excluding carboxylic acids is 2. The Morgan fingerprint density at radius 2 is 2.00 bits per heavy atom. The molecule has 1 atom stereocenters. The van der Waals surface area contributed by atoms with Crippen molar-refractivity contribution >= 4 is 23.5 Å². The van der Waals surface area contributed by atoms with Crippen LogP contribution in [0.1, 0.15) is 44.2 Å². The number of benzene rings is 1. The van der Waals surface area contributed by atoms with Gasteiger partial charge in [0.05, 0.1) is 0 Å². The minimum Gasteiger partial charge on any atom is -0.379 e. The second-order valence-electron chi connectivity index (χ2n) is 8.38. The fourth-order valence-corrected chi connectivity index (χ4v) is 4.08. The van der Waals surface area contributed by atoms with E-state index in [-0.39, 0.29) is 23.0 Å². The molecule has 3 rings (SSSR count). The molecule has 3 amide bonds. The third-order valence-corrected chi connectivity index (χ3v) is 6.51. The highest BCUT2D eigenvalue weighted by atomic mass is 35.5. The number of aliphatic hydroxyl groups excluding tert-OH is 1. The smallest absolute Gasteiger partial charge is 0.379 e. The molecular weight excluding hydrogens is 366 g/mol. The van der Waals surface area contributed by atoms with Crippen molar-refractivity contribution in [1.29, 1.82) is 0 Å². The Labute approximate surface area is 165 Å². The summed E-state index contributed by atoms with van der Waals surface area (Å²) in [5.74, 6) is -0.0415. The molecule has 7 heteroatoms. The van der Waals surface area contributed by atoms with Crippen LogP contribution in [0, 0.1) is 11.3 Å². The van der Waals surface area contributed by atoms with Crippen LogP contribution in [-0.2, 0) is 17.9 Å². The van der Waals surface area contributed by atoms with Gasteiger partial charge in [-0.15, -0.1) is 0 Å². The van der Waals surface area contributed by atoms with E-state index in [4.69, 9.17) is 17.3 Å². The molecule has 0 bridgehead atoms. The lowest BCUT2D eigenvalue weighted by Crippen LogP contribution is -2.71. The third-order valence-electron chi connectivity index (χ3n) is 6.28. The molecular formula is C20H29ClN3O3+. The van der Waals surface area contributed by atoms with E-state index in [1.807, 2.05) is 19.9 Å². The molecule has 0 radical (unpaired) electrons. The summed E-state index contributed by atoms with van der Waals surface area (Å²) < 4.78 is -0.324. The van der Waals surface area contributed by atoms with Crippen molar-refractivity contribution in [3.05, 3.63) is 34.3 Å². The number of quaternary nitrogens is 1. The van der Waals surface area contributed by atoms with Crippen LogP contribution < -0.4 is 11.1 Å². The minimum absolute atomic E-state index is 0.251. The van der Waals surface area contributed by atoms with Crippen molar-refractivity contribution in [3.8, 4) is 0 Å². The SMILES string of the molecule is CC(C)(C1CC1)[C@@H](O)C(=O)[N+]1(C(=O)NCc2cc(Cl)ccc2CN)CCC1. The molecule has 2 fully saturated rings. The molecule has 27 heavy (non-hydrogen) atoms. The predicted octanol–water partition coefficient (Wildman–Crippen LogP) is 2.55. The normalized spacial score (nSPS) is 19.9. The molecule has 0 aromatic heterocycles. The molecule has 1 saturated carbocycles. The Kier molecular flexibility index (Phi) is 5.64. The summed E-state index contributed by atoms with van der Waals surface area (Å²) in [5, 5.41) is 14.2. The molecule has 148 valence electrons. The summed E-state index contributed by atoms with van der Waals surface area (Å²) in [5.41, 5.74) is 6.99. The Morgan fingerprint density at radius 1 is 1.33 bits per heavy atom. The predicted molar refractivity (Wildman–Crippen MR) is 104 cm³/mol. The summed E-state index contributed by atoms with van der Waals surface area (Å²) >= 11 is 6.05. The van der Waals surface area contributed by atoms with Crippen LogP contribution in [0.25, 0.3) is 0 Å². The summed E-state index contributed by atoms with van der Waals surface area (Å²) in [6.07, 6.45) is 1.71. The number of urea groups is 1.